The molecule has 0 unspecified atom stereocenters. The number of rotatable bonds is 5. The van der Waals surface area contributed by atoms with Crippen LogP contribution in [0.2, 0.25) is 0 Å². The van der Waals surface area contributed by atoms with Gasteiger partial charge in [0.25, 0.3) is 0 Å². The van der Waals surface area contributed by atoms with Crippen LogP contribution in [0.15, 0.2) is 60.7 Å². The summed E-state index contributed by atoms with van der Waals surface area (Å²) in [7, 11) is 0. The van der Waals surface area contributed by atoms with E-state index in [4.69, 9.17) is 0 Å². The molecule has 1 fully saturated rings. The zero-order chi connectivity index (χ0) is 16.6. The molecule has 24 heavy (non-hydrogen) atoms. The first-order chi connectivity index (χ1) is 11.8. The summed E-state index contributed by atoms with van der Waals surface area (Å²) in [5.74, 6) is 0. The number of carbonyl (C=O) groups excluding carboxylic acids is 1. The number of anilines is 1. The Hall–Kier alpha value is -2.49. The van der Waals surface area contributed by atoms with Gasteiger partial charge in [-0.3, -0.25) is 0 Å². The van der Waals surface area contributed by atoms with Crippen LogP contribution in [0.3, 0.4) is 0 Å². The standard InChI is InChI=1S/C20H25N3O/c24-20(21-14-11-17-7-3-1-4-8-17)23-15-12-19(13-16-23)22-18-9-5-2-6-10-18/h1-10,19,22H,11-16H2,(H,21,24). The summed E-state index contributed by atoms with van der Waals surface area (Å²) in [5, 5.41) is 6.58. The molecule has 2 aromatic rings. The highest BCUT2D eigenvalue weighted by atomic mass is 16.2. The lowest BCUT2D eigenvalue weighted by Gasteiger charge is -2.33. The zero-order valence-corrected chi connectivity index (χ0v) is 13.9. The van der Waals surface area contributed by atoms with E-state index in [9.17, 15) is 4.79 Å². The molecule has 0 atom stereocenters. The maximum atomic E-state index is 12.2. The van der Waals surface area contributed by atoms with Gasteiger partial charge in [-0.05, 0) is 37.0 Å². The van der Waals surface area contributed by atoms with Crippen molar-refractivity contribution in [3.63, 3.8) is 0 Å². The molecule has 2 aromatic carbocycles. The molecule has 1 heterocycles. The van der Waals surface area contributed by atoms with Gasteiger partial charge in [-0.15, -0.1) is 0 Å². The number of hydrogen-bond acceptors (Lipinski definition) is 2. The second-order valence-electron chi connectivity index (χ2n) is 6.24. The van der Waals surface area contributed by atoms with Gasteiger partial charge in [0.05, 0.1) is 0 Å². The van der Waals surface area contributed by atoms with Gasteiger partial charge in [0.2, 0.25) is 0 Å². The Bertz CT molecular complexity index is 622. The van der Waals surface area contributed by atoms with Crippen LogP contribution in [0.1, 0.15) is 18.4 Å². The minimum Gasteiger partial charge on any atom is -0.382 e. The van der Waals surface area contributed by atoms with E-state index in [-0.39, 0.29) is 6.03 Å². The molecule has 0 aromatic heterocycles. The number of piperidine rings is 1. The minimum absolute atomic E-state index is 0.0593. The highest BCUT2D eigenvalue weighted by Crippen LogP contribution is 2.16. The lowest BCUT2D eigenvalue weighted by atomic mass is 10.0. The summed E-state index contributed by atoms with van der Waals surface area (Å²) in [4.78, 5) is 14.2. The Morgan fingerprint density at radius 1 is 0.958 bits per heavy atom. The number of para-hydroxylation sites is 1. The van der Waals surface area contributed by atoms with Gasteiger partial charge in [-0.1, -0.05) is 48.5 Å². The summed E-state index contributed by atoms with van der Waals surface area (Å²) in [5.41, 5.74) is 2.41. The van der Waals surface area contributed by atoms with Crippen molar-refractivity contribution in [2.24, 2.45) is 0 Å². The van der Waals surface area contributed by atoms with Crippen molar-refractivity contribution in [1.29, 1.82) is 0 Å². The molecule has 0 spiro atoms. The maximum Gasteiger partial charge on any atom is 0.317 e. The first-order valence-corrected chi connectivity index (χ1v) is 8.69. The van der Waals surface area contributed by atoms with Crippen molar-refractivity contribution >= 4 is 11.7 Å². The van der Waals surface area contributed by atoms with Crippen molar-refractivity contribution < 1.29 is 4.79 Å². The van der Waals surface area contributed by atoms with Gasteiger partial charge in [0.1, 0.15) is 0 Å². The van der Waals surface area contributed by atoms with E-state index in [0.29, 0.717) is 12.6 Å². The van der Waals surface area contributed by atoms with Crippen LogP contribution in [0.25, 0.3) is 0 Å². The quantitative estimate of drug-likeness (QED) is 0.884. The minimum atomic E-state index is 0.0593. The molecule has 2 N–H and O–H groups in total. The topological polar surface area (TPSA) is 44.4 Å². The molecule has 126 valence electrons. The van der Waals surface area contributed by atoms with Gasteiger partial charge in [0.15, 0.2) is 0 Å². The SMILES string of the molecule is O=C(NCCc1ccccc1)N1CCC(Nc2ccccc2)CC1. The predicted octanol–water partition coefficient (Wildman–Crippen LogP) is 3.52. The summed E-state index contributed by atoms with van der Waals surface area (Å²) >= 11 is 0. The fraction of sp³-hybridized carbons (Fsp3) is 0.350. The van der Waals surface area contributed by atoms with Crippen LogP contribution in [0.5, 0.6) is 0 Å². The smallest absolute Gasteiger partial charge is 0.317 e. The van der Waals surface area contributed by atoms with Crippen molar-refractivity contribution in [2.75, 3.05) is 25.0 Å². The lowest BCUT2D eigenvalue weighted by molar-refractivity contribution is 0.184. The molecule has 1 aliphatic heterocycles. The Morgan fingerprint density at radius 3 is 2.25 bits per heavy atom. The lowest BCUT2D eigenvalue weighted by Crippen LogP contribution is -2.47. The molecular formula is C20H25N3O. The Labute approximate surface area is 143 Å². The van der Waals surface area contributed by atoms with Crippen molar-refractivity contribution in [1.82, 2.24) is 10.2 Å². The van der Waals surface area contributed by atoms with Crippen LogP contribution in [-0.2, 0) is 6.42 Å². The second-order valence-corrected chi connectivity index (χ2v) is 6.24. The van der Waals surface area contributed by atoms with E-state index in [0.717, 1.165) is 38.0 Å². The second kappa shape index (κ2) is 8.39. The zero-order valence-electron chi connectivity index (χ0n) is 13.9. The van der Waals surface area contributed by atoms with Gasteiger partial charge < -0.3 is 15.5 Å². The summed E-state index contributed by atoms with van der Waals surface area (Å²) in [6, 6.07) is 21.0. The van der Waals surface area contributed by atoms with E-state index in [1.807, 2.05) is 41.3 Å². The van der Waals surface area contributed by atoms with E-state index in [1.54, 1.807) is 0 Å². The average molecular weight is 323 g/mol. The molecular weight excluding hydrogens is 298 g/mol. The third-order valence-corrected chi connectivity index (χ3v) is 4.46. The van der Waals surface area contributed by atoms with E-state index >= 15 is 0 Å². The molecule has 1 aliphatic rings. The van der Waals surface area contributed by atoms with Crippen LogP contribution < -0.4 is 10.6 Å². The van der Waals surface area contributed by atoms with Gasteiger partial charge in [0, 0.05) is 31.4 Å². The number of carbonyl (C=O) groups is 1. The average Bonchev–Trinajstić information content (AvgIpc) is 2.64. The van der Waals surface area contributed by atoms with Crippen molar-refractivity contribution in [2.45, 2.75) is 25.3 Å². The Morgan fingerprint density at radius 2 is 1.58 bits per heavy atom. The number of benzene rings is 2. The number of amides is 2. The highest BCUT2D eigenvalue weighted by molar-refractivity contribution is 5.74. The first kappa shape index (κ1) is 16.4. The van der Waals surface area contributed by atoms with Gasteiger partial charge in [-0.25, -0.2) is 4.79 Å². The fourth-order valence-electron chi connectivity index (χ4n) is 3.07. The molecule has 1 saturated heterocycles. The number of urea groups is 1. The largest absolute Gasteiger partial charge is 0.382 e. The predicted molar refractivity (Wildman–Crippen MR) is 98.2 cm³/mol. The summed E-state index contributed by atoms with van der Waals surface area (Å²) in [6.07, 6.45) is 2.85. The monoisotopic (exact) mass is 323 g/mol. The summed E-state index contributed by atoms with van der Waals surface area (Å²) < 4.78 is 0. The van der Waals surface area contributed by atoms with Crippen LogP contribution in [0, 0.1) is 0 Å². The van der Waals surface area contributed by atoms with Crippen LogP contribution >= 0.6 is 0 Å². The first-order valence-electron chi connectivity index (χ1n) is 8.69. The van der Waals surface area contributed by atoms with E-state index < -0.39 is 0 Å². The molecule has 0 saturated carbocycles. The van der Waals surface area contributed by atoms with Crippen molar-refractivity contribution in [3.05, 3.63) is 66.2 Å². The van der Waals surface area contributed by atoms with E-state index in [2.05, 4.69) is 34.9 Å². The molecule has 0 aliphatic carbocycles. The van der Waals surface area contributed by atoms with Crippen LogP contribution in [-0.4, -0.2) is 36.6 Å². The van der Waals surface area contributed by atoms with Gasteiger partial charge >= 0.3 is 6.03 Å². The molecule has 2 amide bonds. The summed E-state index contributed by atoms with van der Waals surface area (Å²) in [6.45, 7) is 2.30. The van der Waals surface area contributed by atoms with Gasteiger partial charge in [-0.2, -0.15) is 0 Å². The third kappa shape index (κ3) is 4.75. The number of nitrogens with one attached hydrogen (secondary N) is 2. The normalized spacial score (nSPS) is 15.1. The maximum absolute atomic E-state index is 12.2. The number of nitrogens with zero attached hydrogens (tertiary/aromatic N) is 1. The fourth-order valence-corrected chi connectivity index (χ4v) is 3.07. The molecule has 3 rings (SSSR count). The van der Waals surface area contributed by atoms with Crippen LogP contribution in [0.4, 0.5) is 10.5 Å². The number of likely N-dealkylation sites (tertiary alicyclic amines) is 1. The third-order valence-electron chi connectivity index (χ3n) is 4.46. The molecule has 0 bridgehead atoms. The Balaban J connectivity index is 1.37. The van der Waals surface area contributed by atoms with Crippen molar-refractivity contribution in [3.8, 4) is 0 Å². The molecule has 0 radical (unpaired) electrons. The van der Waals surface area contributed by atoms with E-state index in [1.165, 1.54) is 5.56 Å². The number of hydrogen-bond donors (Lipinski definition) is 2. The Kier molecular flexibility index (Phi) is 5.72. The molecule has 4 nitrogen and oxygen atoms in total. The highest BCUT2D eigenvalue weighted by Gasteiger charge is 2.22. The molecule has 4 heteroatoms.